The van der Waals surface area contributed by atoms with E-state index in [1.807, 2.05) is 0 Å². The van der Waals surface area contributed by atoms with Crippen molar-refractivity contribution in [3.05, 3.63) is 0 Å². The predicted octanol–water partition coefficient (Wildman–Crippen LogP) is -7.77. The molecule has 0 aromatic carbocycles. The number of ether oxygens (including phenoxy) is 6. The number of carbonyl (C=O) groups is 1. The highest BCUT2D eigenvalue weighted by Gasteiger charge is 2.56. The zero-order chi connectivity index (χ0) is 36.5. The van der Waals surface area contributed by atoms with E-state index in [1.165, 1.54) is 4.72 Å². The first-order chi connectivity index (χ1) is 21.9. The van der Waals surface area contributed by atoms with Crippen LogP contribution in [0, 0.1) is 0 Å². The van der Waals surface area contributed by atoms with Crippen LogP contribution < -0.4 is 4.72 Å². The Hall–Kier alpha value is -1.40. The van der Waals surface area contributed by atoms with Crippen LogP contribution in [0.3, 0.4) is 0 Å². The van der Waals surface area contributed by atoms with Gasteiger partial charge in [0.25, 0.3) is 0 Å². The van der Waals surface area contributed by atoms with Gasteiger partial charge in [0.05, 0.1) is 13.2 Å². The lowest BCUT2D eigenvalue weighted by Crippen LogP contribution is -2.68. The fourth-order valence-corrected chi connectivity index (χ4v) is 6.26. The van der Waals surface area contributed by atoms with Gasteiger partial charge in [0, 0.05) is 7.11 Å². The average Bonchev–Trinajstić information content (AvgIpc) is 2.94. The molecule has 0 aromatic rings. The zero-order valence-electron chi connectivity index (χ0n) is 23.9. The van der Waals surface area contributed by atoms with Crippen molar-refractivity contribution in [3.63, 3.8) is 0 Å². The number of methoxy groups -OCH3 is 1. The van der Waals surface area contributed by atoms with Crippen molar-refractivity contribution in [2.75, 3.05) is 20.3 Å². The van der Waals surface area contributed by atoms with E-state index >= 15 is 0 Å². The lowest BCUT2D eigenvalue weighted by Gasteiger charge is -2.47. The van der Waals surface area contributed by atoms with Gasteiger partial charge in [-0.2, -0.15) is 30.0 Å². The molecular formula is C19H33NO25S3. The summed E-state index contributed by atoms with van der Waals surface area (Å²) in [5.74, 6) is -2.02. The molecule has 3 rings (SSSR count). The van der Waals surface area contributed by atoms with Gasteiger partial charge in [0.2, 0.25) is 0 Å². The van der Waals surface area contributed by atoms with Crippen LogP contribution >= 0.6 is 0 Å². The van der Waals surface area contributed by atoms with Crippen molar-refractivity contribution in [1.29, 1.82) is 0 Å². The van der Waals surface area contributed by atoms with Crippen molar-refractivity contribution in [2.24, 2.45) is 0 Å². The number of hydrogen-bond donors (Lipinski definition) is 11. The molecule has 0 amide bonds. The van der Waals surface area contributed by atoms with Crippen LogP contribution in [0.4, 0.5) is 0 Å². The first-order valence-corrected chi connectivity index (χ1v) is 17.2. The summed E-state index contributed by atoms with van der Waals surface area (Å²) in [5, 5.41) is 71.0. The van der Waals surface area contributed by atoms with E-state index in [1.54, 1.807) is 0 Å². The molecule has 3 fully saturated rings. The fraction of sp³-hybridized carbons (Fsp3) is 0.947. The highest BCUT2D eigenvalue weighted by Crippen LogP contribution is 2.33. The Morgan fingerprint density at radius 2 is 1.33 bits per heavy atom. The monoisotopic (exact) mass is 771 g/mol. The van der Waals surface area contributed by atoms with Crippen LogP contribution in [0.5, 0.6) is 0 Å². The SMILES string of the molecule is CO[C@H]1C(COS(=O)(=O)O)O[C@H](O[C@@H]2C(C(=O)O)O[C@@H](OCC3O[C@@H](O)C(O)[C@H](O)[C@@H]3O)C(OS(=O)(=O)O)[C@@H]2O)C(NS(=O)(=O)O)[C@@H]1O. The minimum Gasteiger partial charge on any atom is -0.479 e. The number of hydrogen-bond acceptors (Lipinski definition) is 21. The van der Waals surface area contributed by atoms with Crippen molar-refractivity contribution >= 4 is 37.1 Å². The molecule has 0 aliphatic carbocycles. The fourth-order valence-electron chi connectivity index (χ4n) is 4.88. The molecule has 26 nitrogen and oxygen atoms in total. The van der Waals surface area contributed by atoms with Crippen LogP contribution in [0.1, 0.15) is 0 Å². The molecule has 0 aromatic heterocycles. The first kappa shape index (κ1) is 41.0. The number of carboxylic acids is 1. The summed E-state index contributed by atoms with van der Waals surface area (Å²) in [5.41, 5.74) is 0. The summed E-state index contributed by atoms with van der Waals surface area (Å²) in [7, 11) is -15.1. The second-order valence-electron chi connectivity index (χ2n) is 10.3. The largest absolute Gasteiger partial charge is 0.479 e. The maximum Gasteiger partial charge on any atom is 0.397 e. The molecule has 15 atom stereocenters. The Balaban J connectivity index is 1.95. The molecule has 11 N–H and O–H groups in total. The van der Waals surface area contributed by atoms with E-state index in [9.17, 15) is 74.9 Å². The predicted molar refractivity (Wildman–Crippen MR) is 140 cm³/mol. The standard InChI is InChI=1S/C19H33NO25S3/c1-38-12-5(3-40-47(32,33)34)42-18(6(8(12)22)20-46(29,30)31)43-13-11(25)14(45-48(35,36)37)19(44-15(13)16(26)27)39-2-4-7(21)9(23)10(24)17(28)41-4/h4-15,17-25,28H,2-3H2,1H3,(H,26,27)(H,29,30,31)(H,32,33,34)(H,35,36,37)/t4?,5?,6?,7-,8+,9-,10?,11-,12+,13+,14?,15?,17-,18-,19-/m1/s1. The lowest BCUT2D eigenvalue weighted by atomic mass is 9.95. The first-order valence-electron chi connectivity index (χ1n) is 13.0. The Morgan fingerprint density at radius 1 is 0.708 bits per heavy atom. The van der Waals surface area contributed by atoms with Gasteiger partial charge in [-0.15, -0.1) is 0 Å². The zero-order valence-corrected chi connectivity index (χ0v) is 26.3. The Kier molecular flexibility index (Phi) is 13.6. The third kappa shape index (κ3) is 10.6. The van der Waals surface area contributed by atoms with Gasteiger partial charge in [0.15, 0.2) is 31.1 Å². The second-order valence-corrected chi connectivity index (χ2v) is 13.6. The molecule has 3 saturated heterocycles. The van der Waals surface area contributed by atoms with Gasteiger partial charge >= 0.3 is 37.1 Å². The molecule has 3 heterocycles. The number of carboxylic acid groups (broad SMARTS) is 1. The third-order valence-electron chi connectivity index (χ3n) is 7.01. The molecule has 0 saturated carbocycles. The van der Waals surface area contributed by atoms with Gasteiger partial charge in [0.1, 0.15) is 61.0 Å². The maximum atomic E-state index is 12.2. The number of rotatable bonds is 14. The van der Waals surface area contributed by atoms with E-state index in [0.717, 1.165) is 7.11 Å². The Labute approximate surface area is 270 Å². The van der Waals surface area contributed by atoms with Crippen molar-refractivity contribution in [1.82, 2.24) is 4.72 Å². The molecule has 3 aliphatic heterocycles. The molecule has 29 heteroatoms. The number of nitrogens with one attached hydrogen (secondary N) is 1. The molecule has 48 heavy (non-hydrogen) atoms. The van der Waals surface area contributed by atoms with E-state index in [0.29, 0.717) is 0 Å². The summed E-state index contributed by atoms with van der Waals surface area (Å²) >= 11 is 0. The average molecular weight is 772 g/mol. The number of aliphatic hydroxyl groups excluding tert-OH is 6. The smallest absolute Gasteiger partial charge is 0.397 e. The number of aliphatic hydroxyl groups is 6. The second kappa shape index (κ2) is 15.9. The van der Waals surface area contributed by atoms with Gasteiger partial charge in [-0.25, -0.2) is 13.2 Å². The summed E-state index contributed by atoms with van der Waals surface area (Å²) in [6.07, 6.45) is -30.2. The minimum absolute atomic E-state index is 0.918. The van der Waals surface area contributed by atoms with Gasteiger partial charge < -0.3 is 64.2 Å². The van der Waals surface area contributed by atoms with Gasteiger partial charge in [-0.3, -0.25) is 13.7 Å². The van der Waals surface area contributed by atoms with Crippen LogP contribution in [-0.4, -0.2) is 193 Å². The van der Waals surface area contributed by atoms with Gasteiger partial charge in [-0.05, 0) is 0 Å². The minimum atomic E-state index is -5.57. The summed E-state index contributed by atoms with van der Waals surface area (Å²) < 4.78 is 137. The van der Waals surface area contributed by atoms with Crippen molar-refractivity contribution in [2.45, 2.75) is 92.1 Å². The molecule has 0 bridgehead atoms. The van der Waals surface area contributed by atoms with Crippen LogP contribution in [0.25, 0.3) is 0 Å². The summed E-state index contributed by atoms with van der Waals surface area (Å²) in [6.45, 7) is -2.17. The lowest BCUT2D eigenvalue weighted by molar-refractivity contribution is -0.345. The molecule has 0 radical (unpaired) electrons. The molecule has 0 spiro atoms. The molecule has 6 unspecified atom stereocenters. The van der Waals surface area contributed by atoms with Crippen molar-refractivity contribution < 1.29 is 116 Å². The van der Waals surface area contributed by atoms with E-state index in [4.69, 9.17) is 33.0 Å². The quantitative estimate of drug-likeness (QED) is 0.0730. The van der Waals surface area contributed by atoms with E-state index < -0.39 is 142 Å². The maximum absolute atomic E-state index is 12.2. The Bertz CT molecular complexity index is 1430. The number of aliphatic carboxylic acids is 1. The van der Waals surface area contributed by atoms with Crippen LogP contribution in [0.15, 0.2) is 0 Å². The highest BCUT2D eigenvalue weighted by molar-refractivity contribution is 7.83. The summed E-state index contributed by atoms with van der Waals surface area (Å²) in [6, 6.07) is -2.19. The molecular weight excluding hydrogens is 738 g/mol. The topological polar surface area (TPSA) is 408 Å². The van der Waals surface area contributed by atoms with E-state index in [-0.39, 0.29) is 0 Å². The highest BCUT2D eigenvalue weighted by atomic mass is 32.3. The summed E-state index contributed by atoms with van der Waals surface area (Å²) in [4.78, 5) is 12.2. The molecule has 282 valence electrons. The van der Waals surface area contributed by atoms with Gasteiger partial charge in [-0.1, -0.05) is 0 Å². The van der Waals surface area contributed by atoms with Crippen molar-refractivity contribution in [3.8, 4) is 0 Å². The Morgan fingerprint density at radius 3 is 1.85 bits per heavy atom. The van der Waals surface area contributed by atoms with E-state index in [2.05, 4.69) is 8.37 Å². The van der Waals surface area contributed by atoms with Crippen LogP contribution in [-0.2, 0) is 72.7 Å². The normalized spacial score (nSPS) is 41.6. The van der Waals surface area contributed by atoms with Crippen LogP contribution in [0.2, 0.25) is 0 Å². The third-order valence-corrected chi connectivity index (χ3v) is 8.48. The molecule has 3 aliphatic rings.